The second-order valence-corrected chi connectivity index (χ2v) is 9.14. The first kappa shape index (κ1) is 30.3. The number of hydrogen-bond donors (Lipinski definition) is 7. The molecule has 0 aliphatic heterocycles. The molecule has 2 aromatic rings. The number of carboxylic acid groups (broad SMARTS) is 1. The lowest BCUT2D eigenvalue weighted by molar-refractivity contribution is -0.142. The number of carbonyl (C=O) groups excluding carboxylic acids is 3. The van der Waals surface area contributed by atoms with E-state index in [-0.39, 0.29) is 18.6 Å². The third kappa shape index (κ3) is 10.2. The zero-order valence-corrected chi connectivity index (χ0v) is 21.4. The van der Waals surface area contributed by atoms with Crippen LogP contribution >= 0.6 is 0 Å². The highest BCUT2D eigenvalue weighted by Gasteiger charge is 2.29. The number of amides is 3. The molecule has 0 bridgehead atoms. The van der Waals surface area contributed by atoms with E-state index in [2.05, 4.69) is 16.0 Å². The third-order valence-corrected chi connectivity index (χ3v) is 5.96. The fourth-order valence-electron chi connectivity index (χ4n) is 3.72. The zero-order valence-electron chi connectivity index (χ0n) is 21.4. The summed E-state index contributed by atoms with van der Waals surface area (Å²) in [6, 6.07) is 10.7. The molecule has 0 aromatic heterocycles. The maximum atomic E-state index is 13.2. The number of nitrogens with one attached hydrogen (secondary N) is 3. The van der Waals surface area contributed by atoms with Gasteiger partial charge in [-0.2, -0.15) is 0 Å². The number of hydrogen-bond acceptors (Lipinski definition) is 7. The fourth-order valence-corrected chi connectivity index (χ4v) is 3.72. The van der Waals surface area contributed by atoms with E-state index in [0.29, 0.717) is 24.9 Å². The molecule has 0 aliphatic rings. The largest absolute Gasteiger partial charge is 0.508 e. The first-order valence-corrected chi connectivity index (χ1v) is 12.5. The average Bonchev–Trinajstić information content (AvgIpc) is 2.89. The van der Waals surface area contributed by atoms with Gasteiger partial charge in [-0.05, 0) is 49.6 Å². The standard InChI is InChI=1S/C27H37N5O6/c1-17(30-25(35)21(29)9-5-6-14-28)24(34)31-22(15-19-10-12-20(33)13-11-19)26(36)32-23(27(37)38)16-18-7-3-2-4-8-18/h2-4,7-8,10-13,17,21-23,33H,5-6,9,14-16,28-29H2,1H3,(H,30,35)(H,31,34)(H,32,36)(H,37,38). The van der Waals surface area contributed by atoms with E-state index >= 15 is 0 Å². The molecule has 2 aromatic carbocycles. The summed E-state index contributed by atoms with van der Waals surface area (Å²) in [5.41, 5.74) is 12.7. The van der Waals surface area contributed by atoms with Gasteiger partial charge >= 0.3 is 5.97 Å². The van der Waals surface area contributed by atoms with Crippen LogP contribution in [0.3, 0.4) is 0 Å². The van der Waals surface area contributed by atoms with Crippen LogP contribution in [0.15, 0.2) is 54.6 Å². The number of phenolic OH excluding ortho intramolecular Hbond substituents is 1. The number of aromatic hydroxyl groups is 1. The molecule has 0 radical (unpaired) electrons. The molecular formula is C27H37N5O6. The number of carbonyl (C=O) groups is 4. The van der Waals surface area contributed by atoms with Gasteiger partial charge in [0.2, 0.25) is 17.7 Å². The van der Waals surface area contributed by atoms with E-state index in [9.17, 15) is 29.4 Å². The van der Waals surface area contributed by atoms with E-state index in [1.807, 2.05) is 0 Å². The van der Waals surface area contributed by atoms with Crippen LogP contribution in [-0.4, -0.2) is 64.6 Å². The smallest absolute Gasteiger partial charge is 0.326 e. The van der Waals surface area contributed by atoms with Crippen LogP contribution in [0, 0.1) is 0 Å². The molecule has 206 valence electrons. The topological polar surface area (TPSA) is 197 Å². The predicted octanol–water partition coefficient (Wildman–Crippen LogP) is 0.193. The Morgan fingerprint density at radius 2 is 1.37 bits per heavy atom. The summed E-state index contributed by atoms with van der Waals surface area (Å²) >= 11 is 0. The molecule has 9 N–H and O–H groups in total. The van der Waals surface area contributed by atoms with Crippen LogP contribution in [0.25, 0.3) is 0 Å². The Morgan fingerprint density at radius 3 is 1.97 bits per heavy atom. The number of nitrogens with two attached hydrogens (primary N) is 2. The Kier molecular flexibility index (Phi) is 12.2. The summed E-state index contributed by atoms with van der Waals surface area (Å²) < 4.78 is 0. The van der Waals surface area contributed by atoms with Gasteiger partial charge in [-0.1, -0.05) is 48.9 Å². The molecule has 0 saturated carbocycles. The number of unbranched alkanes of at least 4 members (excludes halogenated alkanes) is 1. The molecule has 3 amide bonds. The number of rotatable bonds is 15. The van der Waals surface area contributed by atoms with Crippen LogP contribution < -0.4 is 27.4 Å². The van der Waals surface area contributed by atoms with Crippen molar-refractivity contribution in [2.45, 2.75) is 63.2 Å². The Balaban J connectivity index is 2.12. The molecular weight excluding hydrogens is 490 g/mol. The van der Waals surface area contributed by atoms with Gasteiger partial charge in [-0.25, -0.2) is 4.79 Å². The van der Waals surface area contributed by atoms with Crippen molar-refractivity contribution in [1.29, 1.82) is 0 Å². The Bertz CT molecular complexity index is 1060. The Hall–Kier alpha value is -3.96. The summed E-state index contributed by atoms with van der Waals surface area (Å²) in [5, 5.41) is 26.9. The molecule has 4 atom stereocenters. The van der Waals surface area contributed by atoms with E-state index in [1.54, 1.807) is 42.5 Å². The van der Waals surface area contributed by atoms with Gasteiger partial charge in [0.25, 0.3) is 0 Å². The first-order valence-electron chi connectivity index (χ1n) is 12.5. The van der Waals surface area contributed by atoms with E-state index in [1.165, 1.54) is 19.1 Å². The summed E-state index contributed by atoms with van der Waals surface area (Å²) in [6.07, 6.45) is 1.90. The van der Waals surface area contributed by atoms with Crippen molar-refractivity contribution in [1.82, 2.24) is 16.0 Å². The van der Waals surface area contributed by atoms with E-state index in [4.69, 9.17) is 11.5 Å². The predicted molar refractivity (Wildman–Crippen MR) is 142 cm³/mol. The monoisotopic (exact) mass is 527 g/mol. The molecule has 0 spiro atoms. The van der Waals surface area contributed by atoms with Gasteiger partial charge in [-0.3, -0.25) is 14.4 Å². The highest BCUT2D eigenvalue weighted by Crippen LogP contribution is 2.12. The maximum Gasteiger partial charge on any atom is 0.326 e. The van der Waals surface area contributed by atoms with Crippen molar-refractivity contribution in [3.05, 3.63) is 65.7 Å². The molecule has 0 saturated heterocycles. The molecule has 11 nitrogen and oxygen atoms in total. The van der Waals surface area contributed by atoms with Crippen LogP contribution in [0.5, 0.6) is 5.75 Å². The first-order chi connectivity index (χ1) is 18.1. The summed E-state index contributed by atoms with van der Waals surface area (Å²) in [4.78, 5) is 50.4. The molecule has 2 rings (SSSR count). The Labute approximate surface area is 222 Å². The van der Waals surface area contributed by atoms with Crippen molar-refractivity contribution < 1.29 is 29.4 Å². The normalized spacial score (nSPS) is 14.0. The minimum absolute atomic E-state index is 0.0226. The molecule has 0 heterocycles. The molecule has 0 fully saturated rings. The van der Waals surface area contributed by atoms with Crippen molar-refractivity contribution in [2.75, 3.05) is 6.54 Å². The summed E-state index contributed by atoms with van der Waals surface area (Å²) in [7, 11) is 0. The second-order valence-electron chi connectivity index (χ2n) is 9.14. The van der Waals surface area contributed by atoms with Gasteiger partial charge in [0, 0.05) is 12.8 Å². The molecule has 11 heteroatoms. The zero-order chi connectivity index (χ0) is 28.1. The van der Waals surface area contributed by atoms with Crippen molar-refractivity contribution in [2.24, 2.45) is 11.5 Å². The summed E-state index contributed by atoms with van der Waals surface area (Å²) in [5.74, 6) is -3.03. The van der Waals surface area contributed by atoms with Crippen LogP contribution in [0.2, 0.25) is 0 Å². The van der Waals surface area contributed by atoms with Gasteiger partial charge in [0.15, 0.2) is 0 Å². The lowest BCUT2D eigenvalue weighted by Crippen LogP contribution is -2.57. The van der Waals surface area contributed by atoms with Gasteiger partial charge in [-0.15, -0.1) is 0 Å². The van der Waals surface area contributed by atoms with Crippen LogP contribution in [-0.2, 0) is 32.0 Å². The lowest BCUT2D eigenvalue weighted by Gasteiger charge is -2.24. The van der Waals surface area contributed by atoms with Crippen molar-refractivity contribution >= 4 is 23.7 Å². The molecule has 0 aliphatic carbocycles. The van der Waals surface area contributed by atoms with Crippen molar-refractivity contribution in [3.8, 4) is 5.75 Å². The van der Waals surface area contributed by atoms with Crippen molar-refractivity contribution in [3.63, 3.8) is 0 Å². The lowest BCUT2D eigenvalue weighted by atomic mass is 10.0. The van der Waals surface area contributed by atoms with Crippen LogP contribution in [0.4, 0.5) is 0 Å². The fraction of sp³-hybridized carbons (Fsp3) is 0.407. The van der Waals surface area contributed by atoms with Crippen LogP contribution in [0.1, 0.15) is 37.3 Å². The number of benzene rings is 2. The number of phenols is 1. The number of aliphatic carboxylic acids is 1. The maximum absolute atomic E-state index is 13.2. The molecule has 38 heavy (non-hydrogen) atoms. The SMILES string of the molecule is CC(NC(=O)C(N)CCCCN)C(=O)NC(Cc1ccc(O)cc1)C(=O)NC(Cc1ccccc1)C(=O)O. The van der Waals surface area contributed by atoms with Gasteiger partial charge in [0.1, 0.15) is 23.9 Å². The number of carboxylic acids is 1. The molecule has 4 unspecified atom stereocenters. The second kappa shape index (κ2) is 15.3. The third-order valence-electron chi connectivity index (χ3n) is 5.96. The highest BCUT2D eigenvalue weighted by atomic mass is 16.4. The Morgan fingerprint density at radius 1 is 0.789 bits per heavy atom. The van der Waals surface area contributed by atoms with E-state index in [0.717, 1.165) is 12.0 Å². The van der Waals surface area contributed by atoms with E-state index < -0.39 is 47.9 Å². The minimum atomic E-state index is -1.23. The van der Waals surface area contributed by atoms with Gasteiger partial charge < -0.3 is 37.6 Å². The average molecular weight is 528 g/mol. The summed E-state index contributed by atoms with van der Waals surface area (Å²) in [6.45, 7) is 1.95. The minimum Gasteiger partial charge on any atom is -0.508 e. The highest BCUT2D eigenvalue weighted by molar-refractivity contribution is 5.94. The quantitative estimate of drug-likeness (QED) is 0.159. The van der Waals surface area contributed by atoms with Gasteiger partial charge in [0.05, 0.1) is 6.04 Å².